The molecule has 0 aromatic rings. The molecule has 134 valence electrons. The van der Waals surface area contributed by atoms with Gasteiger partial charge in [0.05, 0.1) is 19.8 Å². The van der Waals surface area contributed by atoms with Crippen LogP contribution in [0.15, 0.2) is 0 Å². The quantitative estimate of drug-likeness (QED) is 0.717. The van der Waals surface area contributed by atoms with Crippen molar-refractivity contribution >= 4 is 5.97 Å². The van der Waals surface area contributed by atoms with Crippen LogP contribution in [0, 0.1) is 17.8 Å². The summed E-state index contributed by atoms with van der Waals surface area (Å²) in [5, 5.41) is 0. The Bertz CT molecular complexity index is 370. The molecule has 0 spiro atoms. The number of carbonyl (C=O) groups is 1. The normalized spacial score (nSPS) is 32.5. The molecule has 1 aliphatic carbocycles. The van der Waals surface area contributed by atoms with Crippen LogP contribution in [0.4, 0.5) is 13.2 Å². The fourth-order valence-electron chi connectivity index (χ4n) is 3.22. The van der Waals surface area contributed by atoms with E-state index in [1.54, 1.807) is 0 Å². The maximum absolute atomic E-state index is 12.0. The van der Waals surface area contributed by atoms with Crippen molar-refractivity contribution in [3.05, 3.63) is 0 Å². The Morgan fingerprint density at radius 1 is 1.09 bits per heavy atom. The molecule has 0 unspecified atom stereocenters. The third kappa shape index (κ3) is 5.64. The van der Waals surface area contributed by atoms with Crippen molar-refractivity contribution in [2.45, 2.75) is 57.9 Å². The summed E-state index contributed by atoms with van der Waals surface area (Å²) in [5.41, 5.74) is 0. The third-order valence-corrected chi connectivity index (χ3v) is 4.84. The van der Waals surface area contributed by atoms with Gasteiger partial charge in [-0.2, -0.15) is 13.2 Å². The molecule has 7 heteroatoms. The molecule has 2 fully saturated rings. The first-order valence-electron chi connectivity index (χ1n) is 8.37. The fraction of sp³-hybridized carbons (Fsp3) is 0.938. The zero-order valence-electron chi connectivity index (χ0n) is 13.4. The molecule has 1 heterocycles. The molecule has 0 atom stereocenters. The van der Waals surface area contributed by atoms with E-state index in [-0.39, 0.29) is 12.9 Å². The zero-order valence-corrected chi connectivity index (χ0v) is 13.4. The maximum atomic E-state index is 12.0. The first kappa shape index (κ1) is 18.5. The fourth-order valence-corrected chi connectivity index (χ4v) is 3.22. The average molecular weight is 338 g/mol. The Balaban J connectivity index is 1.62. The van der Waals surface area contributed by atoms with Gasteiger partial charge >= 0.3 is 12.1 Å². The van der Waals surface area contributed by atoms with Gasteiger partial charge in [0.1, 0.15) is 0 Å². The van der Waals surface area contributed by atoms with Crippen LogP contribution < -0.4 is 0 Å². The van der Waals surface area contributed by atoms with Crippen LogP contribution in [0.25, 0.3) is 0 Å². The second-order valence-corrected chi connectivity index (χ2v) is 6.51. The van der Waals surface area contributed by atoms with Crippen LogP contribution in [0.3, 0.4) is 0 Å². The standard InChI is InChI=1S/C16H25F3O4/c1-2-11-9-22-14(23-10-11)13-5-3-12(4-6-13)7-8-21-15(20)16(17,18)19/h11-14H,2-10H2,1H3. The number of hydrogen-bond acceptors (Lipinski definition) is 4. The molecule has 0 amide bonds. The molecule has 1 aliphatic heterocycles. The van der Waals surface area contributed by atoms with E-state index in [9.17, 15) is 18.0 Å². The van der Waals surface area contributed by atoms with Gasteiger partial charge in [0.25, 0.3) is 0 Å². The van der Waals surface area contributed by atoms with Crippen LogP contribution in [-0.4, -0.2) is 38.3 Å². The monoisotopic (exact) mass is 338 g/mol. The zero-order chi connectivity index (χ0) is 16.9. The summed E-state index contributed by atoms with van der Waals surface area (Å²) in [6.45, 7) is 3.44. The minimum absolute atomic E-state index is 0.137. The second-order valence-electron chi connectivity index (χ2n) is 6.51. The smallest absolute Gasteiger partial charge is 0.459 e. The van der Waals surface area contributed by atoms with Gasteiger partial charge < -0.3 is 14.2 Å². The Kier molecular flexibility index (Phi) is 6.71. The summed E-state index contributed by atoms with van der Waals surface area (Å²) in [4.78, 5) is 10.6. The SMILES string of the molecule is CCC1COC(C2CCC(CCOC(=O)C(F)(F)F)CC2)OC1. The number of rotatable bonds is 5. The highest BCUT2D eigenvalue weighted by molar-refractivity contribution is 5.75. The van der Waals surface area contributed by atoms with E-state index in [2.05, 4.69) is 11.7 Å². The van der Waals surface area contributed by atoms with E-state index < -0.39 is 12.1 Å². The highest BCUT2D eigenvalue weighted by Crippen LogP contribution is 2.35. The molecule has 2 aliphatic rings. The van der Waals surface area contributed by atoms with Gasteiger partial charge in [-0.25, -0.2) is 4.79 Å². The molecule has 1 saturated heterocycles. The first-order chi connectivity index (χ1) is 10.9. The Labute approximate surface area is 134 Å². The summed E-state index contributed by atoms with van der Waals surface area (Å²) < 4.78 is 51.9. The topological polar surface area (TPSA) is 44.8 Å². The highest BCUT2D eigenvalue weighted by atomic mass is 19.4. The molecule has 1 saturated carbocycles. The Morgan fingerprint density at radius 3 is 2.22 bits per heavy atom. The van der Waals surface area contributed by atoms with E-state index in [1.807, 2.05) is 0 Å². The number of hydrogen-bond donors (Lipinski definition) is 0. The predicted octanol–water partition coefficient (Wildman–Crippen LogP) is 3.69. The van der Waals surface area contributed by atoms with Gasteiger partial charge in [-0.1, -0.05) is 6.92 Å². The summed E-state index contributed by atoms with van der Waals surface area (Å²) in [6.07, 6.45) is 0.211. The molecule has 0 aromatic carbocycles. The molecule has 2 rings (SSSR count). The van der Waals surface area contributed by atoms with Crippen molar-refractivity contribution < 1.29 is 32.2 Å². The lowest BCUT2D eigenvalue weighted by Crippen LogP contribution is -2.38. The summed E-state index contributed by atoms with van der Waals surface area (Å²) >= 11 is 0. The third-order valence-electron chi connectivity index (χ3n) is 4.84. The van der Waals surface area contributed by atoms with Crippen LogP contribution >= 0.6 is 0 Å². The van der Waals surface area contributed by atoms with E-state index in [4.69, 9.17) is 9.47 Å². The van der Waals surface area contributed by atoms with Crippen molar-refractivity contribution in [2.75, 3.05) is 19.8 Å². The lowest BCUT2D eigenvalue weighted by Gasteiger charge is -2.37. The molecule has 0 radical (unpaired) electrons. The van der Waals surface area contributed by atoms with Crippen molar-refractivity contribution in [3.63, 3.8) is 0 Å². The molecule has 23 heavy (non-hydrogen) atoms. The molecule has 0 aromatic heterocycles. The van der Waals surface area contributed by atoms with Gasteiger partial charge in [-0.3, -0.25) is 0 Å². The largest absolute Gasteiger partial charge is 0.490 e. The van der Waals surface area contributed by atoms with Crippen molar-refractivity contribution in [2.24, 2.45) is 17.8 Å². The van der Waals surface area contributed by atoms with E-state index >= 15 is 0 Å². The molecule has 4 nitrogen and oxygen atoms in total. The van der Waals surface area contributed by atoms with Gasteiger partial charge in [0, 0.05) is 11.8 Å². The number of alkyl halides is 3. The van der Waals surface area contributed by atoms with Gasteiger partial charge in [-0.05, 0) is 44.4 Å². The van der Waals surface area contributed by atoms with Crippen molar-refractivity contribution in [1.82, 2.24) is 0 Å². The minimum atomic E-state index is -4.90. The predicted molar refractivity (Wildman–Crippen MR) is 76.6 cm³/mol. The van der Waals surface area contributed by atoms with E-state index in [0.29, 0.717) is 24.2 Å². The molecule has 0 bridgehead atoms. The maximum Gasteiger partial charge on any atom is 0.490 e. The van der Waals surface area contributed by atoms with Crippen molar-refractivity contribution in [1.29, 1.82) is 0 Å². The number of ether oxygens (including phenoxy) is 3. The van der Waals surface area contributed by atoms with Crippen LogP contribution in [-0.2, 0) is 19.0 Å². The molecular formula is C16H25F3O4. The van der Waals surface area contributed by atoms with E-state index in [1.165, 1.54) is 0 Å². The number of carbonyl (C=O) groups excluding carboxylic acids is 1. The first-order valence-corrected chi connectivity index (χ1v) is 8.37. The van der Waals surface area contributed by atoms with Crippen LogP contribution in [0.2, 0.25) is 0 Å². The molecule has 0 N–H and O–H groups in total. The lowest BCUT2D eigenvalue weighted by molar-refractivity contribution is -0.229. The highest BCUT2D eigenvalue weighted by Gasteiger charge is 2.41. The summed E-state index contributed by atoms with van der Waals surface area (Å²) in [6, 6.07) is 0. The van der Waals surface area contributed by atoms with Gasteiger partial charge in [-0.15, -0.1) is 0 Å². The van der Waals surface area contributed by atoms with Crippen LogP contribution in [0.1, 0.15) is 45.4 Å². The summed E-state index contributed by atoms with van der Waals surface area (Å²) in [7, 11) is 0. The Hall–Kier alpha value is -0.820. The van der Waals surface area contributed by atoms with Crippen molar-refractivity contribution in [3.8, 4) is 0 Å². The second kappa shape index (κ2) is 8.33. The van der Waals surface area contributed by atoms with Gasteiger partial charge in [0.15, 0.2) is 6.29 Å². The molecular weight excluding hydrogens is 313 g/mol. The average Bonchev–Trinajstić information content (AvgIpc) is 2.54. The minimum Gasteiger partial charge on any atom is -0.459 e. The van der Waals surface area contributed by atoms with E-state index in [0.717, 1.165) is 45.3 Å². The van der Waals surface area contributed by atoms with Crippen LogP contribution in [0.5, 0.6) is 0 Å². The van der Waals surface area contributed by atoms with Gasteiger partial charge in [0.2, 0.25) is 0 Å². The summed E-state index contributed by atoms with van der Waals surface area (Å²) in [5.74, 6) is -0.951. The lowest BCUT2D eigenvalue weighted by atomic mass is 9.80. The number of esters is 1. The number of halogens is 3. The Morgan fingerprint density at radius 2 is 1.70 bits per heavy atom.